The minimum absolute atomic E-state index is 0.219. The maximum Gasteiger partial charge on any atom is 0.187 e. The Kier molecular flexibility index (Phi) is 4.43. The summed E-state index contributed by atoms with van der Waals surface area (Å²) in [6.07, 6.45) is 0. The number of para-hydroxylation sites is 2. The van der Waals surface area contributed by atoms with Crippen molar-refractivity contribution in [2.24, 2.45) is 0 Å². The number of nitrogens with zero attached hydrogens (tertiary/aromatic N) is 1. The molecule has 1 N–H and O–H groups in total. The van der Waals surface area contributed by atoms with E-state index in [1.165, 1.54) is 24.5 Å². The van der Waals surface area contributed by atoms with E-state index in [4.69, 9.17) is 9.47 Å². The zero-order chi connectivity index (χ0) is 16.2. The summed E-state index contributed by atoms with van der Waals surface area (Å²) < 4.78 is 24.0. The van der Waals surface area contributed by atoms with Crippen molar-refractivity contribution < 1.29 is 13.9 Å². The SMILES string of the molecule is COc1ccc(-c2csc(Nc3ccccc3OC)n2)cc1F. The fraction of sp³-hybridized carbons (Fsp3) is 0.118. The number of nitrogens with one attached hydrogen (secondary N) is 1. The standard InChI is InChI=1S/C17H15FN2O2S/c1-21-15-8-7-11(9-12(15)18)14-10-23-17(20-14)19-13-5-3-4-6-16(13)22-2/h3-10H,1-2H3,(H,19,20). The lowest BCUT2D eigenvalue weighted by molar-refractivity contribution is 0.386. The number of benzene rings is 2. The molecular weight excluding hydrogens is 315 g/mol. The van der Waals surface area contributed by atoms with Gasteiger partial charge in [0.05, 0.1) is 25.6 Å². The first-order valence-electron chi connectivity index (χ1n) is 6.90. The Labute approximate surface area is 137 Å². The van der Waals surface area contributed by atoms with Crippen LogP contribution >= 0.6 is 11.3 Å². The third-order valence-corrected chi connectivity index (χ3v) is 4.06. The highest BCUT2D eigenvalue weighted by Gasteiger charge is 2.10. The molecule has 0 amide bonds. The molecule has 0 radical (unpaired) electrons. The molecule has 0 atom stereocenters. The second-order valence-electron chi connectivity index (χ2n) is 4.71. The van der Waals surface area contributed by atoms with E-state index in [-0.39, 0.29) is 5.75 Å². The summed E-state index contributed by atoms with van der Waals surface area (Å²) >= 11 is 1.44. The summed E-state index contributed by atoms with van der Waals surface area (Å²) in [5.74, 6) is 0.549. The molecule has 3 aromatic rings. The molecule has 23 heavy (non-hydrogen) atoms. The van der Waals surface area contributed by atoms with Gasteiger partial charge in [0.25, 0.3) is 0 Å². The van der Waals surface area contributed by atoms with Crippen molar-refractivity contribution in [3.8, 4) is 22.8 Å². The highest BCUT2D eigenvalue weighted by Crippen LogP contribution is 2.32. The van der Waals surface area contributed by atoms with Gasteiger partial charge < -0.3 is 14.8 Å². The molecule has 0 fully saturated rings. The Bertz CT molecular complexity index is 820. The molecule has 6 heteroatoms. The van der Waals surface area contributed by atoms with Crippen LogP contribution in [0.5, 0.6) is 11.5 Å². The van der Waals surface area contributed by atoms with Crippen LogP contribution in [0.2, 0.25) is 0 Å². The number of hydrogen-bond acceptors (Lipinski definition) is 5. The van der Waals surface area contributed by atoms with Gasteiger partial charge in [0.1, 0.15) is 5.75 Å². The number of anilines is 2. The van der Waals surface area contributed by atoms with Crippen molar-refractivity contribution in [1.82, 2.24) is 4.98 Å². The van der Waals surface area contributed by atoms with Crippen LogP contribution < -0.4 is 14.8 Å². The lowest BCUT2D eigenvalue weighted by atomic mass is 10.1. The highest BCUT2D eigenvalue weighted by molar-refractivity contribution is 7.14. The van der Waals surface area contributed by atoms with E-state index in [1.54, 1.807) is 19.2 Å². The molecule has 4 nitrogen and oxygen atoms in total. The molecule has 1 heterocycles. The van der Waals surface area contributed by atoms with E-state index in [0.29, 0.717) is 16.4 Å². The van der Waals surface area contributed by atoms with Crippen LogP contribution in [0.4, 0.5) is 15.2 Å². The van der Waals surface area contributed by atoms with Crippen molar-refractivity contribution in [2.75, 3.05) is 19.5 Å². The molecule has 2 aromatic carbocycles. The number of thiazole rings is 1. The van der Waals surface area contributed by atoms with Crippen molar-refractivity contribution in [3.63, 3.8) is 0 Å². The molecule has 118 valence electrons. The second-order valence-corrected chi connectivity index (χ2v) is 5.57. The van der Waals surface area contributed by atoms with Gasteiger partial charge in [-0.1, -0.05) is 12.1 Å². The quantitative estimate of drug-likeness (QED) is 0.736. The van der Waals surface area contributed by atoms with Gasteiger partial charge in [-0.2, -0.15) is 0 Å². The normalized spacial score (nSPS) is 10.4. The van der Waals surface area contributed by atoms with E-state index in [0.717, 1.165) is 11.4 Å². The summed E-state index contributed by atoms with van der Waals surface area (Å²) in [5.41, 5.74) is 2.23. The van der Waals surface area contributed by atoms with Gasteiger partial charge in [0.2, 0.25) is 0 Å². The molecule has 1 aromatic heterocycles. The molecule has 3 rings (SSSR count). The predicted octanol–water partition coefficient (Wildman–Crippen LogP) is 4.71. The van der Waals surface area contributed by atoms with E-state index >= 15 is 0 Å². The number of aromatic nitrogens is 1. The Balaban J connectivity index is 1.84. The van der Waals surface area contributed by atoms with Crippen LogP contribution in [0, 0.1) is 5.82 Å². The number of halogens is 1. The minimum Gasteiger partial charge on any atom is -0.495 e. The topological polar surface area (TPSA) is 43.4 Å². The molecular formula is C17H15FN2O2S. The van der Waals surface area contributed by atoms with Crippen LogP contribution in [0.25, 0.3) is 11.3 Å². The fourth-order valence-electron chi connectivity index (χ4n) is 2.15. The van der Waals surface area contributed by atoms with Crippen LogP contribution in [0.1, 0.15) is 0 Å². The summed E-state index contributed by atoms with van der Waals surface area (Å²) in [6, 6.07) is 12.4. The Morgan fingerprint density at radius 2 is 1.83 bits per heavy atom. The van der Waals surface area contributed by atoms with Crippen LogP contribution in [0.3, 0.4) is 0 Å². The second kappa shape index (κ2) is 6.66. The Morgan fingerprint density at radius 1 is 1.04 bits per heavy atom. The fourth-order valence-corrected chi connectivity index (χ4v) is 2.88. The first kappa shape index (κ1) is 15.3. The number of ether oxygens (including phenoxy) is 2. The molecule has 0 unspecified atom stereocenters. The monoisotopic (exact) mass is 330 g/mol. The largest absolute Gasteiger partial charge is 0.495 e. The molecule has 0 aliphatic heterocycles. The third-order valence-electron chi connectivity index (χ3n) is 3.30. The van der Waals surface area contributed by atoms with Gasteiger partial charge in [-0.15, -0.1) is 11.3 Å². The zero-order valence-corrected chi connectivity index (χ0v) is 13.5. The van der Waals surface area contributed by atoms with Crippen LogP contribution in [-0.2, 0) is 0 Å². The maximum absolute atomic E-state index is 13.8. The number of rotatable bonds is 5. The van der Waals surface area contributed by atoms with E-state index in [1.807, 2.05) is 29.6 Å². The van der Waals surface area contributed by atoms with E-state index < -0.39 is 5.82 Å². The van der Waals surface area contributed by atoms with Crippen molar-refractivity contribution in [2.45, 2.75) is 0 Å². The van der Waals surface area contributed by atoms with Crippen molar-refractivity contribution >= 4 is 22.2 Å². The lowest BCUT2D eigenvalue weighted by Gasteiger charge is -2.08. The summed E-state index contributed by atoms with van der Waals surface area (Å²) in [5, 5.41) is 5.80. The van der Waals surface area contributed by atoms with E-state index in [2.05, 4.69) is 10.3 Å². The minimum atomic E-state index is -0.405. The number of hydrogen-bond donors (Lipinski definition) is 1. The lowest BCUT2D eigenvalue weighted by Crippen LogP contribution is -1.94. The maximum atomic E-state index is 13.8. The first-order valence-corrected chi connectivity index (χ1v) is 7.78. The average molecular weight is 330 g/mol. The van der Waals surface area contributed by atoms with Gasteiger partial charge in [0, 0.05) is 10.9 Å². The zero-order valence-electron chi connectivity index (χ0n) is 12.7. The van der Waals surface area contributed by atoms with Gasteiger partial charge in [-0.05, 0) is 30.3 Å². The predicted molar refractivity (Wildman–Crippen MR) is 90.3 cm³/mol. The summed E-state index contributed by atoms with van der Waals surface area (Å²) in [7, 11) is 3.06. The Hall–Kier alpha value is -2.60. The number of methoxy groups -OCH3 is 2. The first-order chi connectivity index (χ1) is 11.2. The van der Waals surface area contributed by atoms with Gasteiger partial charge >= 0.3 is 0 Å². The van der Waals surface area contributed by atoms with Gasteiger partial charge in [0.15, 0.2) is 16.7 Å². The smallest absolute Gasteiger partial charge is 0.187 e. The van der Waals surface area contributed by atoms with Crippen molar-refractivity contribution in [1.29, 1.82) is 0 Å². The molecule has 0 saturated heterocycles. The van der Waals surface area contributed by atoms with Crippen LogP contribution in [0.15, 0.2) is 47.8 Å². The van der Waals surface area contributed by atoms with E-state index in [9.17, 15) is 4.39 Å². The van der Waals surface area contributed by atoms with Crippen LogP contribution in [-0.4, -0.2) is 19.2 Å². The molecule has 0 spiro atoms. The summed E-state index contributed by atoms with van der Waals surface area (Å²) in [4.78, 5) is 4.49. The summed E-state index contributed by atoms with van der Waals surface area (Å²) in [6.45, 7) is 0. The van der Waals surface area contributed by atoms with Gasteiger partial charge in [-0.3, -0.25) is 0 Å². The Morgan fingerprint density at radius 3 is 2.57 bits per heavy atom. The van der Waals surface area contributed by atoms with Gasteiger partial charge in [-0.25, -0.2) is 9.37 Å². The molecule has 0 aliphatic carbocycles. The molecule has 0 bridgehead atoms. The average Bonchev–Trinajstić information content (AvgIpc) is 3.04. The highest BCUT2D eigenvalue weighted by atomic mass is 32.1. The molecule has 0 aliphatic rings. The molecule has 0 saturated carbocycles. The van der Waals surface area contributed by atoms with Crippen molar-refractivity contribution in [3.05, 3.63) is 53.7 Å². The third kappa shape index (κ3) is 3.27.